The van der Waals surface area contributed by atoms with E-state index in [0.717, 1.165) is 11.1 Å². The lowest BCUT2D eigenvalue weighted by Gasteiger charge is -2.11. The minimum absolute atomic E-state index is 0.121. The quantitative estimate of drug-likeness (QED) is 0.706. The predicted molar refractivity (Wildman–Crippen MR) is 82.6 cm³/mol. The minimum Gasteiger partial charge on any atom is -0.192 e. The van der Waals surface area contributed by atoms with Crippen molar-refractivity contribution in [2.24, 2.45) is 0 Å². The van der Waals surface area contributed by atoms with Gasteiger partial charge in [-0.2, -0.15) is 5.26 Å². The molecule has 0 unspecified atom stereocenters. The van der Waals surface area contributed by atoms with Crippen LogP contribution in [0.25, 0.3) is 22.4 Å². The van der Waals surface area contributed by atoms with Crippen LogP contribution in [-0.2, 0) is 0 Å². The number of nitrogens with zero attached hydrogens (tertiary/aromatic N) is 3. The van der Waals surface area contributed by atoms with Crippen molar-refractivity contribution in [2.45, 2.75) is 0 Å². The summed E-state index contributed by atoms with van der Waals surface area (Å²) in [5.74, 6) is 0. The molecule has 100 valence electrons. The zero-order chi connectivity index (χ0) is 14.7. The molecule has 0 spiro atoms. The molecule has 0 radical (unpaired) electrons. The fourth-order valence-electron chi connectivity index (χ4n) is 2.20. The van der Waals surface area contributed by atoms with E-state index in [1.165, 1.54) is 0 Å². The molecule has 0 saturated heterocycles. The Morgan fingerprint density at radius 3 is 1.95 bits per heavy atom. The first-order valence-electron chi connectivity index (χ1n) is 6.38. The van der Waals surface area contributed by atoms with E-state index in [0.29, 0.717) is 16.8 Å². The lowest BCUT2D eigenvalue weighted by molar-refractivity contribution is 1.03. The third-order valence-electron chi connectivity index (χ3n) is 3.15. The Kier molecular flexibility index (Phi) is 3.63. The molecule has 3 aromatic rings. The summed E-state index contributed by atoms with van der Waals surface area (Å²) in [5, 5.41) is 17.7. The van der Waals surface area contributed by atoms with Crippen molar-refractivity contribution in [3.8, 4) is 28.5 Å². The third-order valence-corrected chi connectivity index (χ3v) is 3.42. The lowest BCUT2D eigenvalue weighted by atomic mass is 9.96. The van der Waals surface area contributed by atoms with Gasteiger partial charge in [0.25, 0.3) is 0 Å². The minimum atomic E-state index is 0.121. The van der Waals surface area contributed by atoms with Gasteiger partial charge in [-0.3, -0.25) is 0 Å². The Bertz CT molecular complexity index is 809. The average Bonchev–Trinajstić information content (AvgIpc) is 2.56. The van der Waals surface area contributed by atoms with Crippen LogP contribution in [0.3, 0.4) is 0 Å². The Morgan fingerprint density at radius 1 is 0.810 bits per heavy atom. The van der Waals surface area contributed by atoms with Crippen molar-refractivity contribution in [2.75, 3.05) is 0 Å². The van der Waals surface area contributed by atoms with Crippen molar-refractivity contribution < 1.29 is 0 Å². The molecular formula is C17H10ClN3. The molecule has 0 saturated carbocycles. The number of hydrogen-bond acceptors (Lipinski definition) is 3. The molecule has 0 N–H and O–H groups in total. The summed E-state index contributed by atoms with van der Waals surface area (Å²) in [6, 6.07) is 21.4. The smallest absolute Gasteiger partial charge is 0.170 e. The maximum atomic E-state index is 9.43. The Hall–Kier alpha value is -2.70. The molecule has 0 bridgehead atoms. The number of nitriles is 1. The van der Waals surface area contributed by atoms with Crippen molar-refractivity contribution >= 4 is 11.6 Å². The van der Waals surface area contributed by atoms with Crippen LogP contribution in [0.1, 0.15) is 5.56 Å². The molecule has 0 aliphatic heterocycles. The molecule has 1 aromatic heterocycles. The highest BCUT2D eigenvalue weighted by atomic mass is 35.5. The Balaban J connectivity index is 2.35. The van der Waals surface area contributed by atoms with E-state index in [9.17, 15) is 5.26 Å². The van der Waals surface area contributed by atoms with Gasteiger partial charge in [0.1, 0.15) is 17.3 Å². The van der Waals surface area contributed by atoms with Crippen LogP contribution in [0, 0.1) is 11.3 Å². The fraction of sp³-hybridized carbons (Fsp3) is 0. The Labute approximate surface area is 127 Å². The zero-order valence-electron chi connectivity index (χ0n) is 11.0. The van der Waals surface area contributed by atoms with E-state index in [2.05, 4.69) is 16.3 Å². The van der Waals surface area contributed by atoms with E-state index in [4.69, 9.17) is 11.6 Å². The Morgan fingerprint density at radius 2 is 1.38 bits per heavy atom. The van der Waals surface area contributed by atoms with Gasteiger partial charge in [-0.05, 0) is 5.56 Å². The van der Waals surface area contributed by atoms with Gasteiger partial charge < -0.3 is 0 Å². The van der Waals surface area contributed by atoms with Gasteiger partial charge in [0.2, 0.25) is 0 Å². The zero-order valence-corrected chi connectivity index (χ0v) is 11.7. The number of aromatic nitrogens is 2. The first kappa shape index (κ1) is 13.3. The van der Waals surface area contributed by atoms with E-state index >= 15 is 0 Å². The van der Waals surface area contributed by atoms with Gasteiger partial charge in [-0.15, -0.1) is 10.2 Å². The maximum Gasteiger partial charge on any atom is 0.170 e. The van der Waals surface area contributed by atoms with Crippen LogP contribution >= 0.6 is 11.6 Å². The first-order chi connectivity index (χ1) is 10.3. The second kappa shape index (κ2) is 5.74. The summed E-state index contributed by atoms with van der Waals surface area (Å²) in [5.41, 5.74) is 3.51. The van der Waals surface area contributed by atoms with E-state index < -0.39 is 0 Å². The molecular weight excluding hydrogens is 282 g/mol. The van der Waals surface area contributed by atoms with Gasteiger partial charge in [0, 0.05) is 11.1 Å². The van der Waals surface area contributed by atoms with Crippen LogP contribution in [0.4, 0.5) is 0 Å². The predicted octanol–water partition coefficient (Wildman–Crippen LogP) is 4.34. The van der Waals surface area contributed by atoms with Crippen LogP contribution in [0.5, 0.6) is 0 Å². The van der Waals surface area contributed by atoms with Gasteiger partial charge in [-0.1, -0.05) is 72.3 Å². The molecule has 2 aromatic carbocycles. The van der Waals surface area contributed by atoms with Crippen LogP contribution < -0.4 is 0 Å². The largest absolute Gasteiger partial charge is 0.192 e. The summed E-state index contributed by atoms with van der Waals surface area (Å²) < 4.78 is 0. The monoisotopic (exact) mass is 291 g/mol. The van der Waals surface area contributed by atoms with Gasteiger partial charge in [0.05, 0.1) is 0 Å². The van der Waals surface area contributed by atoms with Gasteiger partial charge >= 0.3 is 0 Å². The molecule has 4 heteroatoms. The van der Waals surface area contributed by atoms with E-state index in [-0.39, 0.29) is 5.15 Å². The van der Waals surface area contributed by atoms with E-state index in [1.807, 2.05) is 60.7 Å². The van der Waals surface area contributed by atoms with Crippen molar-refractivity contribution in [3.63, 3.8) is 0 Å². The number of rotatable bonds is 2. The van der Waals surface area contributed by atoms with Crippen molar-refractivity contribution in [1.82, 2.24) is 10.2 Å². The lowest BCUT2D eigenvalue weighted by Crippen LogP contribution is -1.98. The maximum absolute atomic E-state index is 9.43. The summed E-state index contributed by atoms with van der Waals surface area (Å²) in [6.45, 7) is 0. The highest BCUT2D eigenvalue weighted by Gasteiger charge is 2.17. The van der Waals surface area contributed by atoms with Gasteiger partial charge in [0.15, 0.2) is 5.15 Å². The summed E-state index contributed by atoms with van der Waals surface area (Å²) in [7, 11) is 0. The highest BCUT2D eigenvalue weighted by Crippen LogP contribution is 2.34. The molecule has 3 nitrogen and oxygen atoms in total. The molecule has 0 fully saturated rings. The summed E-state index contributed by atoms with van der Waals surface area (Å²) >= 11 is 6.04. The fourth-order valence-corrected chi connectivity index (χ4v) is 2.38. The van der Waals surface area contributed by atoms with Crippen LogP contribution in [0.15, 0.2) is 60.7 Å². The average molecular weight is 292 g/mol. The second-order valence-electron chi connectivity index (χ2n) is 4.43. The molecule has 0 atom stereocenters. The van der Waals surface area contributed by atoms with Crippen LogP contribution in [-0.4, -0.2) is 10.2 Å². The third kappa shape index (κ3) is 2.49. The topological polar surface area (TPSA) is 49.6 Å². The van der Waals surface area contributed by atoms with Crippen molar-refractivity contribution in [1.29, 1.82) is 5.26 Å². The molecule has 0 amide bonds. The standard InChI is InChI=1S/C17H10ClN3/c18-17-14(11-19)15(12-7-3-1-4-8-12)16(20-21-17)13-9-5-2-6-10-13/h1-10H. The second-order valence-corrected chi connectivity index (χ2v) is 4.79. The molecule has 1 heterocycles. The first-order valence-corrected chi connectivity index (χ1v) is 6.76. The molecule has 21 heavy (non-hydrogen) atoms. The van der Waals surface area contributed by atoms with Crippen LogP contribution in [0.2, 0.25) is 5.15 Å². The normalized spacial score (nSPS) is 10.1. The number of hydrogen-bond donors (Lipinski definition) is 0. The summed E-state index contributed by atoms with van der Waals surface area (Å²) in [4.78, 5) is 0. The van der Waals surface area contributed by atoms with E-state index in [1.54, 1.807) is 0 Å². The molecule has 3 rings (SSSR count). The number of benzene rings is 2. The van der Waals surface area contributed by atoms with Crippen molar-refractivity contribution in [3.05, 3.63) is 71.4 Å². The SMILES string of the molecule is N#Cc1c(Cl)nnc(-c2ccccc2)c1-c1ccccc1. The van der Waals surface area contributed by atoms with Gasteiger partial charge in [-0.25, -0.2) is 0 Å². The number of halogens is 1. The molecule has 0 aliphatic carbocycles. The highest BCUT2D eigenvalue weighted by molar-refractivity contribution is 6.31. The molecule has 0 aliphatic rings. The summed E-state index contributed by atoms with van der Waals surface area (Å²) in [6.07, 6.45) is 0.